The summed E-state index contributed by atoms with van der Waals surface area (Å²) >= 11 is 0. The molecule has 1 aliphatic carbocycles. The number of aliphatic hydroxyl groups excluding tert-OH is 1. The standard InChI is InChI=1S/C16H20FNO2/c17-14-9-7-12(8-10-14)3-1-6-16(20)18-11-13-4-2-5-15(13)19/h1,3,7-10,13,15,19H,2,4-6,11H2,(H,18,20). The summed E-state index contributed by atoms with van der Waals surface area (Å²) < 4.78 is 12.7. The van der Waals surface area contributed by atoms with Crippen molar-refractivity contribution in [2.45, 2.75) is 31.8 Å². The van der Waals surface area contributed by atoms with Gasteiger partial charge in [-0.2, -0.15) is 0 Å². The average Bonchev–Trinajstić information content (AvgIpc) is 2.84. The predicted octanol–water partition coefficient (Wildman–Crippen LogP) is 2.51. The quantitative estimate of drug-likeness (QED) is 0.869. The molecule has 0 heterocycles. The van der Waals surface area contributed by atoms with Crippen LogP contribution in [-0.4, -0.2) is 23.7 Å². The molecule has 0 aliphatic heterocycles. The Morgan fingerprint density at radius 3 is 2.75 bits per heavy atom. The number of nitrogens with one attached hydrogen (secondary N) is 1. The fourth-order valence-corrected chi connectivity index (χ4v) is 2.45. The molecule has 0 radical (unpaired) electrons. The number of hydrogen-bond donors (Lipinski definition) is 2. The van der Waals surface area contributed by atoms with Crippen LogP contribution in [0, 0.1) is 11.7 Å². The van der Waals surface area contributed by atoms with Crippen LogP contribution in [0.15, 0.2) is 30.3 Å². The molecular weight excluding hydrogens is 257 g/mol. The number of hydrogen-bond acceptors (Lipinski definition) is 2. The van der Waals surface area contributed by atoms with E-state index < -0.39 is 0 Å². The van der Waals surface area contributed by atoms with Crippen LogP contribution in [0.25, 0.3) is 6.08 Å². The van der Waals surface area contributed by atoms with Gasteiger partial charge in [-0.1, -0.05) is 30.7 Å². The van der Waals surface area contributed by atoms with E-state index in [2.05, 4.69) is 5.32 Å². The van der Waals surface area contributed by atoms with Gasteiger partial charge in [0.15, 0.2) is 0 Å². The smallest absolute Gasteiger partial charge is 0.223 e. The van der Waals surface area contributed by atoms with Gasteiger partial charge in [-0.15, -0.1) is 0 Å². The molecule has 20 heavy (non-hydrogen) atoms. The highest BCUT2D eigenvalue weighted by atomic mass is 19.1. The summed E-state index contributed by atoms with van der Waals surface area (Å²) in [4.78, 5) is 11.6. The van der Waals surface area contributed by atoms with Crippen molar-refractivity contribution in [2.24, 2.45) is 5.92 Å². The van der Waals surface area contributed by atoms with Crippen molar-refractivity contribution in [3.63, 3.8) is 0 Å². The molecule has 1 aromatic rings. The lowest BCUT2D eigenvalue weighted by atomic mass is 10.1. The van der Waals surface area contributed by atoms with Crippen molar-refractivity contribution in [1.29, 1.82) is 0 Å². The van der Waals surface area contributed by atoms with Gasteiger partial charge in [0.05, 0.1) is 6.10 Å². The normalized spacial score (nSPS) is 22.3. The van der Waals surface area contributed by atoms with Crippen LogP contribution >= 0.6 is 0 Å². The minimum Gasteiger partial charge on any atom is -0.393 e. The Hall–Kier alpha value is -1.68. The Bertz CT molecular complexity index is 470. The van der Waals surface area contributed by atoms with Crippen molar-refractivity contribution >= 4 is 12.0 Å². The molecule has 1 amide bonds. The highest BCUT2D eigenvalue weighted by molar-refractivity contribution is 5.78. The van der Waals surface area contributed by atoms with Crippen LogP contribution in [0.3, 0.4) is 0 Å². The third kappa shape index (κ3) is 4.46. The third-order valence-electron chi connectivity index (χ3n) is 3.66. The zero-order chi connectivity index (χ0) is 14.4. The second-order valence-electron chi connectivity index (χ2n) is 5.22. The van der Waals surface area contributed by atoms with Gasteiger partial charge in [-0.05, 0) is 30.5 Å². The van der Waals surface area contributed by atoms with Crippen LogP contribution in [0.2, 0.25) is 0 Å². The number of carbonyl (C=O) groups is 1. The fourth-order valence-electron chi connectivity index (χ4n) is 2.45. The first-order valence-electron chi connectivity index (χ1n) is 7.02. The van der Waals surface area contributed by atoms with Crippen LogP contribution < -0.4 is 5.32 Å². The van der Waals surface area contributed by atoms with Crippen molar-refractivity contribution < 1.29 is 14.3 Å². The maximum atomic E-state index is 12.7. The number of rotatable bonds is 5. The van der Waals surface area contributed by atoms with E-state index in [1.165, 1.54) is 12.1 Å². The molecule has 0 spiro atoms. The summed E-state index contributed by atoms with van der Waals surface area (Å²) in [5.41, 5.74) is 0.866. The monoisotopic (exact) mass is 277 g/mol. The molecule has 108 valence electrons. The number of carbonyl (C=O) groups excluding carboxylic acids is 1. The van der Waals surface area contributed by atoms with Gasteiger partial charge in [-0.3, -0.25) is 4.79 Å². The summed E-state index contributed by atoms with van der Waals surface area (Å²) in [6.07, 6.45) is 6.42. The summed E-state index contributed by atoms with van der Waals surface area (Å²) in [6.45, 7) is 0.546. The van der Waals surface area contributed by atoms with Crippen molar-refractivity contribution in [2.75, 3.05) is 6.54 Å². The minimum atomic E-state index is -0.273. The lowest BCUT2D eigenvalue weighted by Gasteiger charge is -2.14. The van der Waals surface area contributed by atoms with Crippen molar-refractivity contribution in [3.8, 4) is 0 Å². The SMILES string of the molecule is O=C(CC=Cc1ccc(F)cc1)NCC1CCCC1O. The van der Waals surface area contributed by atoms with Crippen molar-refractivity contribution in [3.05, 3.63) is 41.7 Å². The first-order chi connectivity index (χ1) is 9.65. The van der Waals surface area contributed by atoms with E-state index in [0.29, 0.717) is 13.0 Å². The van der Waals surface area contributed by atoms with E-state index in [1.54, 1.807) is 24.3 Å². The molecule has 2 atom stereocenters. The molecule has 1 saturated carbocycles. The van der Waals surface area contributed by atoms with E-state index in [1.807, 2.05) is 0 Å². The largest absolute Gasteiger partial charge is 0.393 e. The Morgan fingerprint density at radius 1 is 1.35 bits per heavy atom. The van der Waals surface area contributed by atoms with Gasteiger partial charge >= 0.3 is 0 Å². The van der Waals surface area contributed by atoms with Crippen LogP contribution in [0.1, 0.15) is 31.2 Å². The molecule has 0 aromatic heterocycles. The van der Waals surface area contributed by atoms with E-state index in [9.17, 15) is 14.3 Å². The molecule has 2 N–H and O–H groups in total. The minimum absolute atomic E-state index is 0.0533. The number of benzene rings is 1. The molecule has 3 nitrogen and oxygen atoms in total. The first-order valence-corrected chi connectivity index (χ1v) is 7.02. The highest BCUT2D eigenvalue weighted by Crippen LogP contribution is 2.24. The lowest BCUT2D eigenvalue weighted by Crippen LogP contribution is -2.31. The summed E-state index contributed by atoms with van der Waals surface area (Å²) in [5.74, 6) is -0.127. The van der Waals surface area contributed by atoms with Gasteiger partial charge < -0.3 is 10.4 Å². The molecule has 4 heteroatoms. The van der Waals surface area contributed by atoms with E-state index >= 15 is 0 Å². The number of aliphatic hydroxyl groups is 1. The second kappa shape index (κ2) is 7.20. The van der Waals surface area contributed by atoms with Gasteiger partial charge in [0.1, 0.15) is 5.82 Å². The molecule has 0 bridgehead atoms. The van der Waals surface area contributed by atoms with Gasteiger partial charge in [0, 0.05) is 18.9 Å². The molecule has 2 rings (SSSR count). The number of halogens is 1. The summed E-state index contributed by atoms with van der Waals surface area (Å²) in [7, 11) is 0. The zero-order valence-corrected chi connectivity index (χ0v) is 11.4. The first kappa shape index (κ1) is 14.7. The molecule has 1 fully saturated rings. The molecule has 1 aliphatic rings. The van der Waals surface area contributed by atoms with Gasteiger partial charge in [0.2, 0.25) is 5.91 Å². The average molecular weight is 277 g/mol. The summed E-state index contributed by atoms with van der Waals surface area (Å²) in [6, 6.07) is 6.11. The molecule has 0 saturated heterocycles. The Kier molecular flexibility index (Phi) is 5.30. The molecule has 1 aromatic carbocycles. The van der Waals surface area contributed by atoms with Crippen LogP contribution in [0.5, 0.6) is 0 Å². The Morgan fingerprint density at radius 2 is 2.10 bits per heavy atom. The number of amides is 1. The fraction of sp³-hybridized carbons (Fsp3) is 0.438. The molecular formula is C16H20FNO2. The zero-order valence-electron chi connectivity index (χ0n) is 11.4. The van der Waals surface area contributed by atoms with E-state index in [0.717, 1.165) is 24.8 Å². The van der Waals surface area contributed by atoms with Gasteiger partial charge in [0.25, 0.3) is 0 Å². The highest BCUT2D eigenvalue weighted by Gasteiger charge is 2.24. The van der Waals surface area contributed by atoms with E-state index in [4.69, 9.17) is 0 Å². The predicted molar refractivity (Wildman–Crippen MR) is 76.4 cm³/mol. The molecule has 2 unspecified atom stereocenters. The van der Waals surface area contributed by atoms with E-state index in [-0.39, 0.29) is 23.7 Å². The second-order valence-corrected chi connectivity index (χ2v) is 5.22. The maximum absolute atomic E-state index is 12.7. The topological polar surface area (TPSA) is 49.3 Å². The van der Waals surface area contributed by atoms with Gasteiger partial charge in [-0.25, -0.2) is 4.39 Å². The maximum Gasteiger partial charge on any atom is 0.223 e. The Labute approximate surface area is 118 Å². The third-order valence-corrected chi connectivity index (χ3v) is 3.66. The Balaban J connectivity index is 1.70. The van der Waals surface area contributed by atoms with Crippen LogP contribution in [0.4, 0.5) is 4.39 Å². The van der Waals surface area contributed by atoms with Crippen molar-refractivity contribution in [1.82, 2.24) is 5.32 Å². The summed E-state index contributed by atoms with van der Waals surface area (Å²) in [5, 5.41) is 12.5. The van der Waals surface area contributed by atoms with Crippen LogP contribution in [-0.2, 0) is 4.79 Å². The lowest BCUT2D eigenvalue weighted by molar-refractivity contribution is -0.120.